The van der Waals surface area contributed by atoms with Gasteiger partial charge in [-0.05, 0) is 32.5 Å². The summed E-state index contributed by atoms with van der Waals surface area (Å²) in [5, 5.41) is 3.02. The van der Waals surface area contributed by atoms with Gasteiger partial charge in [0.2, 0.25) is 0 Å². The number of ketones is 1. The molecule has 0 atom stereocenters. The maximum Gasteiger partial charge on any atom is 0.164 e. The Labute approximate surface area is 102 Å². The van der Waals surface area contributed by atoms with Gasteiger partial charge in [-0.2, -0.15) is 0 Å². The Kier molecular flexibility index (Phi) is 6.25. The van der Waals surface area contributed by atoms with Crippen LogP contribution in [0.2, 0.25) is 0 Å². The molecule has 0 saturated heterocycles. The van der Waals surface area contributed by atoms with Crippen molar-refractivity contribution in [3.63, 3.8) is 0 Å². The van der Waals surface area contributed by atoms with Gasteiger partial charge in [-0.15, -0.1) is 0 Å². The Balaban J connectivity index is 2.54. The summed E-state index contributed by atoms with van der Waals surface area (Å²) in [6, 6.07) is 1.77. The number of aromatic nitrogens is 1. The highest BCUT2D eigenvalue weighted by Gasteiger charge is 2.07. The highest BCUT2D eigenvalue weighted by atomic mass is 16.5. The second-order valence-electron chi connectivity index (χ2n) is 3.89. The van der Waals surface area contributed by atoms with E-state index in [0.717, 1.165) is 19.4 Å². The van der Waals surface area contributed by atoms with Crippen LogP contribution in [0.15, 0.2) is 18.5 Å². The molecule has 1 rings (SSSR count). The smallest absolute Gasteiger partial charge is 0.164 e. The normalized spacial score (nSPS) is 10.2. The van der Waals surface area contributed by atoms with E-state index in [1.54, 1.807) is 18.5 Å². The molecule has 0 radical (unpaired) electrons. The molecule has 4 nitrogen and oxygen atoms in total. The zero-order valence-electron chi connectivity index (χ0n) is 10.5. The van der Waals surface area contributed by atoms with Gasteiger partial charge in [0.15, 0.2) is 5.78 Å². The first-order valence-corrected chi connectivity index (χ1v) is 6.03. The van der Waals surface area contributed by atoms with E-state index >= 15 is 0 Å². The number of nitrogens with zero attached hydrogens (tertiary/aromatic N) is 1. The lowest BCUT2D eigenvalue weighted by atomic mass is 10.1. The zero-order valence-corrected chi connectivity index (χ0v) is 10.5. The summed E-state index contributed by atoms with van der Waals surface area (Å²) in [7, 11) is 1.88. The van der Waals surface area contributed by atoms with E-state index in [2.05, 4.69) is 10.3 Å². The summed E-state index contributed by atoms with van der Waals surface area (Å²) in [4.78, 5) is 15.8. The molecule has 0 spiro atoms. The topological polar surface area (TPSA) is 51.2 Å². The third-order valence-electron chi connectivity index (χ3n) is 2.34. The largest absolute Gasteiger partial charge is 0.492 e. The van der Waals surface area contributed by atoms with E-state index in [1.807, 2.05) is 14.0 Å². The molecule has 0 unspecified atom stereocenters. The predicted octanol–water partition coefficient (Wildman–Crippen LogP) is 2.05. The van der Waals surface area contributed by atoms with E-state index in [0.29, 0.717) is 24.3 Å². The quantitative estimate of drug-likeness (QED) is 0.554. The van der Waals surface area contributed by atoms with Crippen molar-refractivity contribution in [2.24, 2.45) is 0 Å². The minimum Gasteiger partial charge on any atom is -0.492 e. The molecule has 1 heterocycles. The lowest BCUT2D eigenvalue weighted by Gasteiger charge is -2.05. The van der Waals surface area contributed by atoms with Gasteiger partial charge in [-0.1, -0.05) is 6.92 Å². The molecule has 1 aromatic heterocycles. The zero-order chi connectivity index (χ0) is 12.5. The van der Waals surface area contributed by atoms with Crippen LogP contribution in [0.1, 0.15) is 36.5 Å². The van der Waals surface area contributed by atoms with Gasteiger partial charge in [0.05, 0.1) is 12.8 Å². The molecule has 1 aromatic rings. The average Bonchev–Trinajstić information content (AvgIpc) is 2.37. The third kappa shape index (κ3) is 4.95. The molecule has 17 heavy (non-hydrogen) atoms. The van der Waals surface area contributed by atoms with Crippen molar-refractivity contribution < 1.29 is 9.53 Å². The number of carbonyl (C=O) groups is 1. The summed E-state index contributed by atoms with van der Waals surface area (Å²) < 4.78 is 5.44. The number of pyridine rings is 1. The van der Waals surface area contributed by atoms with Gasteiger partial charge in [0.25, 0.3) is 0 Å². The monoisotopic (exact) mass is 236 g/mol. The molecule has 1 N–H and O–H groups in total. The molecule has 0 amide bonds. The number of ether oxygens (including phenoxy) is 1. The first-order chi connectivity index (χ1) is 8.27. The van der Waals surface area contributed by atoms with Crippen LogP contribution >= 0.6 is 0 Å². The summed E-state index contributed by atoms with van der Waals surface area (Å²) in [6.07, 6.45) is 5.57. The van der Waals surface area contributed by atoms with Crippen molar-refractivity contribution >= 4 is 5.78 Å². The van der Waals surface area contributed by atoms with Crippen molar-refractivity contribution in [3.8, 4) is 5.75 Å². The van der Waals surface area contributed by atoms with Gasteiger partial charge in [0.1, 0.15) is 5.75 Å². The fourth-order valence-corrected chi connectivity index (χ4v) is 1.44. The molecule has 4 heteroatoms. The molecular weight excluding hydrogens is 216 g/mol. The number of nitrogens with one attached hydrogen (secondary N) is 1. The van der Waals surface area contributed by atoms with Gasteiger partial charge >= 0.3 is 0 Å². The van der Waals surface area contributed by atoms with E-state index in [4.69, 9.17) is 4.74 Å². The Morgan fingerprint density at radius 1 is 1.47 bits per heavy atom. The Morgan fingerprint density at radius 2 is 2.29 bits per heavy atom. The molecule has 94 valence electrons. The highest BCUT2D eigenvalue weighted by Crippen LogP contribution is 2.13. The van der Waals surface area contributed by atoms with Crippen molar-refractivity contribution in [3.05, 3.63) is 24.0 Å². The second kappa shape index (κ2) is 7.79. The first-order valence-electron chi connectivity index (χ1n) is 6.03. The van der Waals surface area contributed by atoms with Crippen molar-refractivity contribution in [1.82, 2.24) is 10.3 Å². The number of carbonyl (C=O) groups excluding carboxylic acids is 1. The predicted molar refractivity (Wildman–Crippen MR) is 67.5 cm³/mol. The third-order valence-corrected chi connectivity index (χ3v) is 2.34. The minimum absolute atomic E-state index is 0.120. The molecule has 0 fully saturated rings. The minimum atomic E-state index is 0.120. The molecule has 0 aliphatic carbocycles. The van der Waals surface area contributed by atoms with E-state index in [-0.39, 0.29) is 5.78 Å². The second-order valence-corrected chi connectivity index (χ2v) is 3.89. The van der Waals surface area contributed by atoms with E-state index in [1.165, 1.54) is 0 Å². The number of hydrogen-bond donors (Lipinski definition) is 1. The Bertz CT molecular complexity index is 353. The molecule has 0 saturated carbocycles. The van der Waals surface area contributed by atoms with Crippen LogP contribution in [0.5, 0.6) is 5.75 Å². The van der Waals surface area contributed by atoms with Gasteiger partial charge in [-0.3, -0.25) is 9.78 Å². The fraction of sp³-hybridized carbons (Fsp3) is 0.538. The summed E-state index contributed by atoms with van der Waals surface area (Å²) in [5.74, 6) is 0.793. The van der Waals surface area contributed by atoms with Gasteiger partial charge in [-0.25, -0.2) is 0 Å². The molecule has 0 bridgehead atoms. The van der Waals surface area contributed by atoms with Crippen LogP contribution in [0.4, 0.5) is 0 Å². The maximum absolute atomic E-state index is 11.8. The lowest BCUT2D eigenvalue weighted by molar-refractivity contribution is 0.0979. The van der Waals surface area contributed by atoms with Crippen molar-refractivity contribution in [2.75, 3.05) is 20.2 Å². The van der Waals surface area contributed by atoms with Crippen molar-refractivity contribution in [2.45, 2.75) is 26.2 Å². The highest BCUT2D eigenvalue weighted by molar-refractivity contribution is 5.96. The Hall–Kier alpha value is -1.42. The average molecular weight is 236 g/mol. The van der Waals surface area contributed by atoms with Crippen LogP contribution in [-0.2, 0) is 0 Å². The van der Waals surface area contributed by atoms with Gasteiger partial charge in [0, 0.05) is 18.2 Å². The van der Waals surface area contributed by atoms with Crippen LogP contribution in [0, 0.1) is 0 Å². The van der Waals surface area contributed by atoms with Crippen LogP contribution < -0.4 is 10.1 Å². The van der Waals surface area contributed by atoms with E-state index < -0.39 is 0 Å². The van der Waals surface area contributed by atoms with Gasteiger partial charge < -0.3 is 10.1 Å². The molecule has 0 aliphatic heterocycles. The fourth-order valence-electron chi connectivity index (χ4n) is 1.44. The molecular formula is C13H20N2O2. The Morgan fingerprint density at radius 3 is 3.00 bits per heavy atom. The molecule has 0 aliphatic rings. The lowest BCUT2D eigenvalue weighted by Crippen LogP contribution is -2.10. The van der Waals surface area contributed by atoms with Crippen molar-refractivity contribution in [1.29, 1.82) is 0 Å². The standard InChI is InChI=1S/C13H20N2O2/c1-3-7-17-12-8-11(9-15-10-12)13(16)5-4-6-14-2/h8-10,14H,3-7H2,1-2H3. The summed E-state index contributed by atoms with van der Waals surface area (Å²) in [6.45, 7) is 3.55. The molecule has 0 aromatic carbocycles. The first kappa shape index (κ1) is 13.6. The van der Waals surface area contributed by atoms with E-state index in [9.17, 15) is 4.79 Å². The maximum atomic E-state index is 11.8. The van der Waals surface area contributed by atoms with Crippen LogP contribution in [0.3, 0.4) is 0 Å². The summed E-state index contributed by atoms with van der Waals surface area (Å²) in [5.41, 5.74) is 0.634. The van der Waals surface area contributed by atoms with Crippen LogP contribution in [0.25, 0.3) is 0 Å². The number of rotatable bonds is 8. The van der Waals surface area contributed by atoms with Crippen LogP contribution in [-0.4, -0.2) is 31.0 Å². The SMILES string of the molecule is CCCOc1cncc(C(=O)CCCNC)c1. The number of Topliss-reactive ketones (excluding diaryl/α,β-unsaturated/α-hetero) is 1. The summed E-state index contributed by atoms with van der Waals surface area (Å²) >= 11 is 0. The number of hydrogen-bond acceptors (Lipinski definition) is 4.